The summed E-state index contributed by atoms with van der Waals surface area (Å²) >= 11 is 0. The smallest absolute Gasteiger partial charge is 0.228 e. The molecule has 0 aliphatic rings. The normalized spacial score (nSPS) is 10.1. The molecule has 116 valence electrons. The molecule has 22 heavy (non-hydrogen) atoms. The third-order valence-corrected chi connectivity index (χ3v) is 3.48. The highest BCUT2D eigenvalue weighted by Gasteiger charge is 2.10. The fraction of sp³-hybridized carbons (Fsp3) is 0.278. The summed E-state index contributed by atoms with van der Waals surface area (Å²) in [5, 5.41) is 2.90. The minimum atomic E-state index is -0.0872. The lowest BCUT2D eigenvalue weighted by molar-refractivity contribution is -0.115. The third kappa shape index (κ3) is 4.01. The van der Waals surface area contributed by atoms with E-state index < -0.39 is 0 Å². The van der Waals surface area contributed by atoms with Crippen molar-refractivity contribution in [1.82, 2.24) is 0 Å². The molecule has 0 fully saturated rings. The van der Waals surface area contributed by atoms with Crippen molar-refractivity contribution in [2.45, 2.75) is 19.8 Å². The monoisotopic (exact) mass is 299 g/mol. The second kappa shape index (κ2) is 7.50. The Hall–Kier alpha value is -2.49. The quantitative estimate of drug-likeness (QED) is 0.888. The summed E-state index contributed by atoms with van der Waals surface area (Å²) in [5.41, 5.74) is 2.83. The zero-order chi connectivity index (χ0) is 15.9. The number of hydrogen-bond acceptors (Lipinski definition) is 3. The molecule has 0 aromatic heterocycles. The number of ether oxygens (including phenoxy) is 2. The van der Waals surface area contributed by atoms with Gasteiger partial charge in [0.2, 0.25) is 5.91 Å². The van der Waals surface area contributed by atoms with Crippen LogP contribution in [0, 0.1) is 0 Å². The van der Waals surface area contributed by atoms with Gasteiger partial charge in [-0.15, -0.1) is 0 Å². The molecule has 1 amide bonds. The van der Waals surface area contributed by atoms with Crippen LogP contribution in [0.3, 0.4) is 0 Å². The van der Waals surface area contributed by atoms with E-state index in [1.165, 1.54) is 5.56 Å². The maximum Gasteiger partial charge on any atom is 0.228 e. The first-order chi connectivity index (χ1) is 10.7. The minimum absolute atomic E-state index is 0.0872. The van der Waals surface area contributed by atoms with Crippen LogP contribution in [0.25, 0.3) is 0 Å². The fourth-order valence-electron chi connectivity index (χ4n) is 2.22. The van der Waals surface area contributed by atoms with Crippen LogP contribution in [0.1, 0.15) is 18.1 Å². The summed E-state index contributed by atoms with van der Waals surface area (Å²) in [5.74, 6) is 1.30. The molecule has 2 rings (SSSR count). The number of benzene rings is 2. The van der Waals surface area contributed by atoms with Crippen molar-refractivity contribution in [2.24, 2.45) is 0 Å². The average molecular weight is 299 g/mol. The van der Waals surface area contributed by atoms with Gasteiger partial charge < -0.3 is 14.8 Å². The first-order valence-corrected chi connectivity index (χ1v) is 7.26. The van der Waals surface area contributed by atoms with E-state index in [0.717, 1.165) is 17.7 Å². The third-order valence-electron chi connectivity index (χ3n) is 3.48. The van der Waals surface area contributed by atoms with Gasteiger partial charge in [0.25, 0.3) is 0 Å². The Morgan fingerprint density at radius 1 is 1.05 bits per heavy atom. The Balaban J connectivity index is 2.07. The molecule has 0 atom stereocenters. The van der Waals surface area contributed by atoms with Crippen molar-refractivity contribution < 1.29 is 14.3 Å². The molecule has 0 saturated heterocycles. The Kier molecular flexibility index (Phi) is 5.42. The second-order valence-electron chi connectivity index (χ2n) is 4.95. The standard InChI is InChI=1S/C18H21NO3/c1-4-13-5-7-15(8-6-13)19-18(20)12-14-11-16(21-2)9-10-17(14)22-3/h5-11H,4,12H2,1-3H3,(H,19,20). The largest absolute Gasteiger partial charge is 0.497 e. The van der Waals surface area contributed by atoms with Crippen molar-refractivity contribution in [2.75, 3.05) is 19.5 Å². The molecule has 0 radical (unpaired) electrons. The summed E-state index contributed by atoms with van der Waals surface area (Å²) in [6, 6.07) is 13.3. The zero-order valence-corrected chi connectivity index (χ0v) is 13.2. The highest BCUT2D eigenvalue weighted by molar-refractivity contribution is 5.92. The van der Waals surface area contributed by atoms with Crippen molar-refractivity contribution in [3.8, 4) is 11.5 Å². The Morgan fingerprint density at radius 3 is 2.36 bits per heavy atom. The van der Waals surface area contributed by atoms with Gasteiger partial charge >= 0.3 is 0 Å². The lowest BCUT2D eigenvalue weighted by Gasteiger charge is -2.11. The molecule has 4 heteroatoms. The number of nitrogens with one attached hydrogen (secondary N) is 1. The molecule has 2 aromatic carbocycles. The second-order valence-corrected chi connectivity index (χ2v) is 4.95. The summed E-state index contributed by atoms with van der Waals surface area (Å²) in [7, 11) is 3.19. The van der Waals surface area contributed by atoms with Gasteiger partial charge in [0, 0.05) is 11.3 Å². The number of hydrogen-bond donors (Lipinski definition) is 1. The highest BCUT2D eigenvalue weighted by Crippen LogP contribution is 2.24. The Morgan fingerprint density at radius 2 is 1.77 bits per heavy atom. The van der Waals surface area contributed by atoms with Gasteiger partial charge in [0.05, 0.1) is 20.6 Å². The van der Waals surface area contributed by atoms with E-state index >= 15 is 0 Å². The van der Waals surface area contributed by atoms with Crippen LogP contribution in [0.4, 0.5) is 5.69 Å². The van der Waals surface area contributed by atoms with Crippen LogP contribution in [0.5, 0.6) is 11.5 Å². The van der Waals surface area contributed by atoms with Gasteiger partial charge in [0.15, 0.2) is 0 Å². The number of carbonyl (C=O) groups excluding carboxylic acids is 1. The van der Waals surface area contributed by atoms with Crippen LogP contribution in [-0.2, 0) is 17.6 Å². The minimum Gasteiger partial charge on any atom is -0.497 e. The van der Waals surface area contributed by atoms with E-state index in [2.05, 4.69) is 12.2 Å². The van der Waals surface area contributed by atoms with Crippen LogP contribution >= 0.6 is 0 Å². The van der Waals surface area contributed by atoms with Crippen molar-refractivity contribution >= 4 is 11.6 Å². The molecule has 0 aliphatic heterocycles. The van der Waals surface area contributed by atoms with Crippen LogP contribution in [0.2, 0.25) is 0 Å². The Bertz CT molecular complexity index is 635. The molecule has 0 aliphatic carbocycles. The number of amides is 1. The topological polar surface area (TPSA) is 47.6 Å². The first-order valence-electron chi connectivity index (χ1n) is 7.26. The summed E-state index contributed by atoms with van der Waals surface area (Å²) in [6.45, 7) is 2.10. The maximum absolute atomic E-state index is 12.2. The van der Waals surface area contributed by atoms with Crippen LogP contribution in [0.15, 0.2) is 42.5 Å². The number of carbonyl (C=O) groups is 1. The maximum atomic E-state index is 12.2. The van der Waals surface area contributed by atoms with E-state index in [0.29, 0.717) is 11.5 Å². The number of rotatable bonds is 6. The SMILES string of the molecule is CCc1ccc(NC(=O)Cc2cc(OC)ccc2OC)cc1. The Labute approximate surface area is 131 Å². The van der Waals surface area contributed by atoms with E-state index in [1.807, 2.05) is 36.4 Å². The van der Waals surface area contributed by atoms with Crippen molar-refractivity contribution in [3.63, 3.8) is 0 Å². The van der Waals surface area contributed by atoms with Gasteiger partial charge in [0.1, 0.15) is 11.5 Å². The summed E-state index contributed by atoms with van der Waals surface area (Å²) in [4.78, 5) is 12.2. The average Bonchev–Trinajstić information content (AvgIpc) is 2.55. The van der Waals surface area contributed by atoms with Crippen molar-refractivity contribution in [1.29, 1.82) is 0 Å². The lowest BCUT2D eigenvalue weighted by Crippen LogP contribution is -2.15. The summed E-state index contributed by atoms with van der Waals surface area (Å²) in [6.07, 6.45) is 1.21. The first kappa shape index (κ1) is 15.9. The molecule has 2 aromatic rings. The highest BCUT2D eigenvalue weighted by atomic mass is 16.5. The number of methoxy groups -OCH3 is 2. The lowest BCUT2D eigenvalue weighted by atomic mass is 10.1. The van der Waals surface area contributed by atoms with Gasteiger partial charge in [-0.3, -0.25) is 4.79 Å². The molecular weight excluding hydrogens is 278 g/mol. The van der Waals surface area contributed by atoms with E-state index in [4.69, 9.17) is 9.47 Å². The molecule has 0 bridgehead atoms. The number of aryl methyl sites for hydroxylation is 1. The van der Waals surface area contributed by atoms with E-state index in [1.54, 1.807) is 20.3 Å². The van der Waals surface area contributed by atoms with Crippen LogP contribution in [-0.4, -0.2) is 20.1 Å². The van der Waals surface area contributed by atoms with Crippen LogP contribution < -0.4 is 14.8 Å². The molecular formula is C18H21NO3. The predicted molar refractivity (Wildman–Crippen MR) is 87.7 cm³/mol. The molecule has 0 spiro atoms. The molecule has 0 unspecified atom stereocenters. The molecule has 4 nitrogen and oxygen atoms in total. The fourth-order valence-corrected chi connectivity index (χ4v) is 2.22. The summed E-state index contributed by atoms with van der Waals surface area (Å²) < 4.78 is 10.5. The molecule has 0 heterocycles. The van der Waals surface area contributed by atoms with Gasteiger partial charge in [-0.05, 0) is 42.3 Å². The van der Waals surface area contributed by atoms with E-state index in [-0.39, 0.29) is 12.3 Å². The van der Waals surface area contributed by atoms with Crippen molar-refractivity contribution in [3.05, 3.63) is 53.6 Å². The van der Waals surface area contributed by atoms with E-state index in [9.17, 15) is 4.79 Å². The van der Waals surface area contributed by atoms with Gasteiger partial charge in [-0.1, -0.05) is 19.1 Å². The van der Waals surface area contributed by atoms with Gasteiger partial charge in [-0.2, -0.15) is 0 Å². The molecule has 0 saturated carbocycles. The zero-order valence-electron chi connectivity index (χ0n) is 13.2. The molecule has 1 N–H and O–H groups in total. The van der Waals surface area contributed by atoms with Gasteiger partial charge in [-0.25, -0.2) is 0 Å². The number of anilines is 1. The predicted octanol–water partition coefficient (Wildman–Crippen LogP) is 3.45.